The molecule has 5 rings (SSSR count). The van der Waals surface area contributed by atoms with Crippen LogP contribution in [0.25, 0.3) is 10.8 Å². The Bertz CT molecular complexity index is 1190. The number of thioether (sulfide) groups is 1. The summed E-state index contributed by atoms with van der Waals surface area (Å²) >= 11 is 1.61. The summed E-state index contributed by atoms with van der Waals surface area (Å²) in [6, 6.07) is 12.4. The molecule has 2 amide bonds. The third kappa shape index (κ3) is 3.80. The molecule has 8 heteroatoms. The van der Waals surface area contributed by atoms with Crippen molar-refractivity contribution in [3.8, 4) is 0 Å². The van der Waals surface area contributed by atoms with Crippen molar-refractivity contribution in [2.75, 3.05) is 18.5 Å². The lowest BCUT2D eigenvalue weighted by molar-refractivity contribution is -0.154. The third-order valence-electron chi connectivity index (χ3n) is 8.41. The van der Waals surface area contributed by atoms with Gasteiger partial charge in [0.1, 0.15) is 6.04 Å². The maximum atomic E-state index is 14.1. The number of likely N-dealkylation sites (tertiary alicyclic amines) is 1. The van der Waals surface area contributed by atoms with E-state index in [0.717, 1.165) is 23.6 Å². The van der Waals surface area contributed by atoms with Crippen LogP contribution in [0.1, 0.15) is 40.0 Å². The molecule has 3 fully saturated rings. The number of benzene rings is 2. The topological polar surface area (TPSA) is 95.9 Å². The Balaban J connectivity index is 1.54. The highest BCUT2D eigenvalue weighted by Gasteiger charge is 2.74. The van der Waals surface area contributed by atoms with Crippen LogP contribution in [0.5, 0.6) is 0 Å². The molecule has 2 unspecified atom stereocenters. The molecule has 3 aliphatic heterocycles. The second-order valence-electron chi connectivity index (χ2n) is 10.2. The van der Waals surface area contributed by atoms with Gasteiger partial charge in [-0.1, -0.05) is 50.6 Å². The van der Waals surface area contributed by atoms with Gasteiger partial charge >= 0.3 is 5.97 Å². The zero-order chi connectivity index (χ0) is 25.6. The predicted molar refractivity (Wildman–Crippen MR) is 140 cm³/mol. The summed E-state index contributed by atoms with van der Waals surface area (Å²) in [7, 11) is 0. The van der Waals surface area contributed by atoms with Crippen LogP contribution in [0.15, 0.2) is 42.5 Å². The van der Waals surface area contributed by atoms with Crippen molar-refractivity contribution < 1.29 is 24.2 Å². The number of esters is 1. The lowest BCUT2D eigenvalue weighted by Crippen LogP contribution is -2.56. The summed E-state index contributed by atoms with van der Waals surface area (Å²) in [6.45, 7) is 5.79. The fourth-order valence-corrected chi connectivity index (χ4v) is 8.74. The van der Waals surface area contributed by atoms with Crippen LogP contribution in [-0.2, 0) is 19.1 Å². The summed E-state index contributed by atoms with van der Waals surface area (Å²) < 4.78 is 4.67. The number of anilines is 1. The number of carbonyl (C=O) groups excluding carboxylic acids is 3. The molecule has 0 aliphatic carbocycles. The standard InChI is InChI=1S/C28H34N2O5S/c1-4-16(3)20(15-31)30-24(25(32)29-19-11-10-17-8-6-7-9-18(17)14-19)28-13-12-21(36-28)22(23(28)26(30)33)27(34)35-5-2/h6-11,14,16,20-24,31H,4-5,12-13,15H2,1-3H3,(H,29,32)/t16-,20-,21-,22+,23-,24?,28?/m0/s1. The minimum absolute atomic E-state index is 0.00612. The first kappa shape index (κ1) is 25.1. The fraction of sp³-hybridized carbons (Fsp3) is 0.536. The van der Waals surface area contributed by atoms with Crippen LogP contribution in [0.4, 0.5) is 5.69 Å². The van der Waals surface area contributed by atoms with Crippen LogP contribution in [0, 0.1) is 17.8 Å². The zero-order valence-electron chi connectivity index (χ0n) is 21.0. The van der Waals surface area contributed by atoms with Crippen LogP contribution >= 0.6 is 11.8 Å². The summed E-state index contributed by atoms with van der Waals surface area (Å²) in [6.07, 6.45) is 2.20. The molecule has 0 saturated carbocycles. The van der Waals surface area contributed by atoms with E-state index in [-0.39, 0.29) is 42.2 Å². The summed E-state index contributed by atoms with van der Waals surface area (Å²) in [5.41, 5.74) is 0.662. The van der Waals surface area contributed by atoms with Crippen LogP contribution < -0.4 is 5.32 Å². The Morgan fingerprint density at radius 3 is 2.67 bits per heavy atom. The number of ether oxygens (including phenoxy) is 1. The Morgan fingerprint density at radius 1 is 1.22 bits per heavy atom. The fourth-order valence-electron chi connectivity index (χ4n) is 6.55. The molecule has 192 valence electrons. The number of rotatable bonds is 8. The van der Waals surface area contributed by atoms with Crippen molar-refractivity contribution in [3.63, 3.8) is 0 Å². The van der Waals surface area contributed by atoms with Gasteiger partial charge in [-0.3, -0.25) is 14.4 Å². The highest BCUT2D eigenvalue weighted by molar-refractivity contribution is 8.02. The van der Waals surface area contributed by atoms with Crippen LogP contribution in [0.2, 0.25) is 0 Å². The van der Waals surface area contributed by atoms with Gasteiger partial charge in [-0.25, -0.2) is 0 Å². The van der Waals surface area contributed by atoms with Crippen molar-refractivity contribution in [2.45, 2.75) is 62.1 Å². The number of aliphatic hydroxyl groups excluding tert-OH is 1. The van der Waals surface area contributed by atoms with E-state index in [1.165, 1.54) is 0 Å². The van der Waals surface area contributed by atoms with E-state index in [0.29, 0.717) is 12.1 Å². The molecule has 3 aliphatic rings. The van der Waals surface area contributed by atoms with Gasteiger partial charge in [-0.2, -0.15) is 0 Å². The molecular weight excluding hydrogens is 476 g/mol. The van der Waals surface area contributed by atoms with Gasteiger partial charge in [-0.15, -0.1) is 11.8 Å². The molecule has 1 spiro atoms. The monoisotopic (exact) mass is 510 g/mol. The molecule has 0 aromatic heterocycles. The average Bonchev–Trinajstić information content (AvgIpc) is 3.52. The average molecular weight is 511 g/mol. The first-order valence-electron chi connectivity index (χ1n) is 12.9. The van der Waals surface area contributed by atoms with Crippen LogP contribution in [-0.4, -0.2) is 63.1 Å². The van der Waals surface area contributed by atoms with Gasteiger partial charge < -0.3 is 20.1 Å². The van der Waals surface area contributed by atoms with Gasteiger partial charge in [0.15, 0.2) is 0 Å². The number of hydrogen-bond acceptors (Lipinski definition) is 6. The summed E-state index contributed by atoms with van der Waals surface area (Å²) in [4.78, 5) is 42.7. The predicted octanol–water partition coefficient (Wildman–Crippen LogP) is 3.84. The van der Waals surface area contributed by atoms with E-state index in [2.05, 4.69) is 5.32 Å². The molecule has 2 N–H and O–H groups in total. The number of nitrogens with one attached hydrogen (secondary N) is 1. The van der Waals surface area contributed by atoms with E-state index in [4.69, 9.17) is 4.74 Å². The van der Waals surface area contributed by atoms with Gasteiger partial charge in [-0.05, 0) is 48.6 Å². The second-order valence-corrected chi connectivity index (χ2v) is 11.8. The van der Waals surface area contributed by atoms with E-state index in [9.17, 15) is 19.5 Å². The molecule has 0 radical (unpaired) electrons. The largest absolute Gasteiger partial charge is 0.466 e. The molecule has 7 atom stereocenters. The first-order chi connectivity index (χ1) is 17.4. The van der Waals surface area contributed by atoms with Gasteiger partial charge in [0.25, 0.3) is 0 Å². The first-order valence-corrected chi connectivity index (χ1v) is 13.8. The van der Waals surface area contributed by atoms with E-state index in [1.54, 1.807) is 23.6 Å². The Morgan fingerprint density at radius 2 is 1.97 bits per heavy atom. The van der Waals surface area contributed by atoms with Crippen molar-refractivity contribution in [1.29, 1.82) is 0 Å². The number of nitrogens with zero attached hydrogens (tertiary/aromatic N) is 1. The van der Waals surface area contributed by atoms with E-state index < -0.39 is 28.7 Å². The lowest BCUT2D eigenvalue weighted by Gasteiger charge is -2.39. The van der Waals surface area contributed by atoms with Gasteiger partial charge in [0, 0.05) is 10.9 Å². The van der Waals surface area contributed by atoms with Crippen molar-refractivity contribution in [3.05, 3.63) is 42.5 Å². The Labute approximate surface area is 215 Å². The maximum absolute atomic E-state index is 14.1. The maximum Gasteiger partial charge on any atom is 0.310 e. The van der Waals surface area contributed by atoms with Crippen LogP contribution in [0.3, 0.4) is 0 Å². The second kappa shape index (κ2) is 9.71. The Hall–Kier alpha value is -2.58. The number of amides is 2. The highest BCUT2D eigenvalue weighted by atomic mass is 32.2. The lowest BCUT2D eigenvalue weighted by atomic mass is 9.71. The molecule has 2 aromatic carbocycles. The molecular formula is C28H34N2O5S. The van der Waals surface area contributed by atoms with Gasteiger partial charge in [0.2, 0.25) is 11.8 Å². The third-order valence-corrected chi connectivity index (χ3v) is 10.4. The van der Waals surface area contributed by atoms with Crippen molar-refractivity contribution >= 4 is 46.0 Å². The summed E-state index contributed by atoms with van der Waals surface area (Å²) in [5.74, 6) is -2.01. The number of carbonyl (C=O) groups is 3. The minimum Gasteiger partial charge on any atom is -0.466 e. The number of aliphatic hydroxyl groups is 1. The number of hydrogen-bond donors (Lipinski definition) is 2. The van der Waals surface area contributed by atoms with Gasteiger partial charge in [0.05, 0.1) is 35.8 Å². The Kier molecular flexibility index (Phi) is 6.76. The smallest absolute Gasteiger partial charge is 0.310 e. The van der Waals surface area contributed by atoms with E-state index >= 15 is 0 Å². The molecule has 7 nitrogen and oxygen atoms in total. The summed E-state index contributed by atoms with van der Waals surface area (Å²) in [5, 5.41) is 15.5. The quantitative estimate of drug-likeness (QED) is 0.524. The van der Waals surface area contributed by atoms with E-state index in [1.807, 2.05) is 56.3 Å². The molecule has 2 bridgehead atoms. The van der Waals surface area contributed by atoms with Crippen molar-refractivity contribution in [2.24, 2.45) is 17.8 Å². The minimum atomic E-state index is -0.776. The highest BCUT2D eigenvalue weighted by Crippen LogP contribution is 2.67. The number of fused-ring (bicyclic) bond motifs is 2. The zero-order valence-corrected chi connectivity index (χ0v) is 21.8. The normalized spacial score (nSPS) is 30.3. The van der Waals surface area contributed by atoms with Crippen molar-refractivity contribution in [1.82, 2.24) is 4.90 Å². The molecule has 2 aromatic rings. The molecule has 36 heavy (non-hydrogen) atoms. The molecule has 3 saturated heterocycles. The SMILES string of the molecule is CCOC(=O)[C@@H]1[C@@H]2CCC3(S2)C(C(=O)Nc2ccc4ccccc4c2)N([C@@H](CO)[C@@H](C)CC)C(=O)[C@H]13. The molecule has 3 heterocycles.